The van der Waals surface area contributed by atoms with Crippen molar-refractivity contribution in [3.63, 3.8) is 0 Å². The van der Waals surface area contributed by atoms with E-state index >= 15 is 0 Å². The molecule has 0 spiro atoms. The Labute approximate surface area is 133 Å². The average molecular weight is 313 g/mol. The van der Waals surface area contributed by atoms with Crippen LogP contribution in [0.15, 0.2) is 30.3 Å². The minimum absolute atomic E-state index is 0. The molecule has 0 radical (unpaired) electrons. The Morgan fingerprint density at radius 3 is 2.52 bits per heavy atom. The Morgan fingerprint density at radius 1 is 1.33 bits per heavy atom. The number of carbonyl (C=O) groups excluding carboxylic acids is 1. The number of piperidine rings is 1. The predicted molar refractivity (Wildman–Crippen MR) is 86.5 cm³/mol. The lowest BCUT2D eigenvalue weighted by Crippen LogP contribution is -2.48. The molecule has 1 aliphatic rings. The maximum absolute atomic E-state index is 12.3. The van der Waals surface area contributed by atoms with Crippen LogP contribution in [0.4, 0.5) is 0 Å². The lowest BCUT2D eigenvalue weighted by Gasteiger charge is -2.33. The molecule has 0 bridgehead atoms. The average Bonchev–Trinajstić information content (AvgIpc) is 2.48. The highest BCUT2D eigenvalue weighted by atomic mass is 35.5. The van der Waals surface area contributed by atoms with Crippen molar-refractivity contribution in [1.29, 1.82) is 0 Å². The fourth-order valence-electron chi connectivity index (χ4n) is 2.75. The van der Waals surface area contributed by atoms with E-state index in [1.54, 1.807) is 7.11 Å². The summed E-state index contributed by atoms with van der Waals surface area (Å²) in [6.45, 7) is 2.39. The molecule has 1 fully saturated rings. The Bertz CT molecular complexity index is 420. The molecule has 1 aliphatic heterocycles. The topological polar surface area (TPSA) is 55.6 Å². The summed E-state index contributed by atoms with van der Waals surface area (Å²) in [5.41, 5.74) is 7.17. The van der Waals surface area contributed by atoms with Crippen LogP contribution in [0.2, 0.25) is 0 Å². The molecule has 118 valence electrons. The highest BCUT2D eigenvalue weighted by Gasteiger charge is 2.26. The Kier molecular flexibility index (Phi) is 7.72. The molecule has 0 aliphatic carbocycles. The molecule has 1 heterocycles. The van der Waals surface area contributed by atoms with Gasteiger partial charge in [-0.3, -0.25) is 4.79 Å². The molecule has 1 saturated heterocycles. The van der Waals surface area contributed by atoms with E-state index in [4.69, 9.17) is 10.5 Å². The molecular weight excluding hydrogens is 288 g/mol. The number of benzene rings is 1. The van der Waals surface area contributed by atoms with Gasteiger partial charge in [0, 0.05) is 26.8 Å². The first-order valence-electron chi connectivity index (χ1n) is 7.28. The number of methoxy groups -OCH3 is 1. The summed E-state index contributed by atoms with van der Waals surface area (Å²) in [6, 6.07) is 9.51. The van der Waals surface area contributed by atoms with E-state index in [-0.39, 0.29) is 18.3 Å². The quantitative estimate of drug-likeness (QED) is 0.903. The highest BCUT2D eigenvalue weighted by Crippen LogP contribution is 2.18. The Balaban J connectivity index is 0.00000220. The first kappa shape index (κ1) is 18.0. The van der Waals surface area contributed by atoms with Crippen molar-refractivity contribution in [3.8, 4) is 0 Å². The summed E-state index contributed by atoms with van der Waals surface area (Å²) in [7, 11) is 1.73. The number of rotatable bonds is 5. The minimum Gasteiger partial charge on any atom is -0.384 e. The zero-order chi connectivity index (χ0) is 14.4. The lowest BCUT2D eigenvalue weighted by atomic mass is 9.96. The second-order valence-electron chi connectivity index (χ2n) is 5.52. The van der Waals surface area contributed by atoms with Crippen molar-refractivity contribution >= 4 is 18.3 Å². The molecule has 2 rings (SSSR count). The lowest BCUT2D eigenvalue weighted by molar-refractivity contribution is -0.134. The van der Waals surface area contributed by atoms with E-state index in [1.807, 2.05) is 35.2 Å². The standard InChI is InChI=1S/C16H24N2O2.ClH/c1-20-12-14-7-9-18(10-8-14)16(19)15(17)11-13-5-3-2-4-6-13;/h2-6,14-15H,7-12,17H2,1H3;1H. The minimum atomic E-state index is -0.434. The smallest absolute Gasteiger partial charge is 0.239 e. The monoisotopic (exact) mass is 312 g/mol. The molecule has 1 atom stereocenters. The van der Waals surface area contributed by atoms with Crippen LogP contribution in [0, 0.1) is 5.92 Å². The molecule has 5 heteroatoms. The van der Waals surface area contributed by atoms with Crippen LogP contribution < -0.4 is 5.73 Å². The summed E-state index contributed by atoms with van der Waals surface area (Å²) in [5, 5.41) is 0. The molecule has 2 N–H and O–H groups in total. The van der Waals surface area contributed by atoms with Crippen LogP contribution in [0.3, 0.4) is 0 Å². The van der Waals surface area contributed by atoms with E-state index in [9.17, 15) is 4.79 Å². The van der Waals surface area contributed by atoms with Gasteiger partial charge in [-0.2, -0.15) is 0 Å². The van der Waals surface area contributed by atoms with Gasteiger partial charge in [-0.15, -0.1) is 12.4 Å². The van der Waals surface area contributed by atoms with Crippen LogP contribution in [0.25, 0.3) is 0 Å². The van der Waals surface area contributed by atoms with Gasteiger partial charge in [-0.05, 0) is 30.7 Å². The molecule has 4 nitrogen and oxygen atoms in total. The van der Waals surface area contributed by atoms with Gasteiger partial charge in [-0.1, -0.05) is 30.3 Å². The van der Waals surface area contributed by atoms with E-state index in [1.165, 1.54) is 0 Å². The fourth-order valence-corrected chi connectivity index (χ4v) is 2.75. The van der Waals surface area contributed by atoms with E-state index in [2.05, 4.69) is 0 Å². The summed E-state index contributed by atoms with van der Waals surface area (Å²) < 4.78 is 5.18. The van der Waals surface area contributed by atoms with Gasteiger partial charge in [0.1, 0.15) is 0 Å². The number of likely N-dealkylation sites (tertiary alicyclic amines) is 1. The third-order valence-corrected chi connectivity index (χ3v) is 3.94. The molecule has 1 aromatic carbocycles. The normalized spacial score (nSPS) is 17.1. The van der Waals surface area contributed by atoms with E-state index in [0.29, 0.717) is 12.3 Å². The number of hydrogen-bond acceptors (Lipinski definition) is 3. The summed E-state index contributed by atoms with van der Waals surface area (Å²) in [6.07, 6.45) is 2.63. The molecule has 1 amide bonds. The number of nitrogens with zero attached hydrogens (tertiary/aromatic N) is 1. The molecule has 0 aromatic heterocycles. The van der Waals surface area contributed by atoms with Gasteiger partial charge in [-0.25, -0.2) is 0 Å². The van der Waals surface area contributed by atoms with Crippen molar-refractivity contribution in [2.24, 2.45) is 11.7 Å². The number of halogens is 1. The van der Waals surface area contributed by atoms with Gasteiger partial charge in [0.05, 0.1) is 6.04 Å². The van der Waals surface area contributed by atoms with Gasteiger partial charge >= 0.3 is 0 Å². The van der Waals surface area contributed by atoms with Crippen LogP contribution >= 0.6 is 12.4 Å². The van der Waals surface area contributed by atoms with Gasteiger partial charge < -0.3 is 15.4 Å². The van der Waals surface area contributed by atoms with Gasteiger partial charge in [0.25, 0.3) is 0 Å². The van der Waals surface area contributed by atoms with Crippen LogP contribution in [0.1, 0.15) is 18.4 Å². The second-order valence-corrected chi connectivity index (χ2v) is 5.52. The third kappa shape index (κ3) is 5.30. The van der Waals surface area contributed by atoms with Crippen molar-refractivity contribution in [1.82, 2.24) is 4.90 Å². The van der Waals surface area contributed by atoms with Crippen molar-refractivity contribution in [2.75, 3.05) is 26.8 Å². The number of hydrogen-bond donors (Lipinski definition) is 1. The summed E-state index contributed by atoms with van der Waals surface area (Å²) in [4.78, 5) is 14.2. The number of carbonyl (C=O) groups is 1. The Morgan fingerprint density at radius 2 is 1.95 bits per heavy atom. The zero-order valence-electron chi connectivity index (χ0n) is 12.5. The van der Waals surface area contributed by atoms with Gasteiger partial charge in [0.2, 0.25) is 5.91 Å². The predicted octanol–water partition coefficient (Wildman–Crippen LogP) is 1.86. The van der Waals surface area contributed by atoms with Crippen molar-refractivity contribution < 1.29 is 9.53 Å². The molecule has 1 unspecified atom stereocenters. The summed E-state index contributed by atoms with van der Waals surface area (Å²) >= 11 is 0. The van der Waals surface area contributed by atoms with Crippen molar-refractivity contribution in [2.45, 2.75) is 25.3 Å². The largest absolute Gasteiger partial charge is 0.384 e. The number of nitrogens with two attached hydrogens (primary N) is 1. The fraction of sp³-hybridized carbons (Fsp3) is 0.562. The van der Waals surface area contributed by atoms with Crippen molar-refractivity contribution in [3.05, 3.63) is 35.9 Å². The maximum Gasteiger partial charge on any atom is 0.239 e. The number of ether oxygens (including phenoxy) is 1. The molecule has 1 aromatic rings. The van der Waals surface area contributed by atoms with Crippen LogP contribution in [-0.2, 0) is 16.0 Å². The SMILES string of the molecule is COCC1CCN(C(=O)C(N)Cc2ccccc2)CC1.Cl. The highest BCUT2D eigenvalue weighted by molar-refractivity contribution is 5.85. The van der Waals surface area contributed by atoms with E-state index < -0.39 is 6.04 Å². The summed E-state index contributed by atoms with van der Waals surface area (Å²) in [5.74, 6) is 0.652. The first-order valence-corrected chi connectivity index (χ1v) is 7.28. The number of amides is 1. The second kappa shape index (κ2) is 9.03. The van der Waals surface area contributed by atoms with Crippen LogP contribution in [-0.4, -0.2) is 43.7 Å². The van der Waals surface area contributed by atoms with E-state index in [0.717, 1.165) is 38.1 Å². The third-order valence-electron chi connectivity index (χ3n) is 3.94. The molecule has 0 saturated carbocycles. The first-order chi connectivity index (χ1) is 9.70. The molecular formula is C16H25ClN2O2. The maximum atomic E-state index is 12.3. The zero-order valence-corrected chi connectivity index (χ0v) is 13.3. The molecule has 21 heavy (non-hydrogen) atoms. The Hall–Kier alpha value is -1.10. The van der Waals surface area contributed by atoms with Gasteiger partial charge in [0.15, 0.2) is 0 Å². The van der Waals surface area contributed by atoms with Crippen LogP contribution in [0.5, 0.6) is 0 Å².